The Labute approximate surface area is 219 Å². The number of hydrogen-bond acceptors (Lipinski definition) is 3. The van der Waals surface area contributed by atoms with Gasteiger partial charge in [-0.1, -0.05) is 105 Å². The van der Waals surface area contributed by atoms with Crippen LogP contribution in [0.25, 0.3) is 0 Å². The van der Waals surface area contributed by atoms with Crippen molar-refractivity contribution in [3.63, 3.8) is 0 Å². The van der Waals surface area contributed by atoms with Crippen LogP contribution in [0.5, 0.6) is 0 Å². The summed E-state index contributed by atoms with van der Waals surface area (Å²) in [6.45, 7) is 6.15. The second-order valence-corrected chi connectivity index (χ2v) is 9.73. The highest BCUT2D eigenvalue weighted by molar-refractivity contribution is 8.00. The summed E-state index contributed by atoms with van der Waals surface area (Å²) in [5.41, 5.74) is 1.03. The van der Waals surface area contributed by atoms with Crippen molar-refractivity contribution >= 4 is 17.7 Å². The van der Waals surface area contributed by atoms with Gasteiger partial charge >= 0.3 is 5.97 Å². The Morgan fingerprint density at radius 2 is 1.34 bits per heavy atom. The van der Waals surface area contributed by atoms with Crippen LogP contribution in [-0.2, 0) is 9.53 Å². The van der Waals surface area contributed by atoms with E-state index in [1.54, 1.807) is 11.8 Å². The summed E-state index contributed by atoms with van der Waals surface area (Å²) in [4.78, 5) is 12.7. The van der Waals surface area contributed by atoms with E-state index >= 15 is 0 Å². The number of allylic oxidation sites excluding steroid dienone is 10. The van der Waals surface area contributed by atoms with Crippen LogP contribution in [0.2, 0.25) is 0 Å². The lowest BCUT2D eigenvalue weighted by molar-refractivity contribution is -0.147. The molecule has 1 rings (SSSR count). The van der Waals surface area contributed by atoms with Crippen molar-refractivity contribution in [2.45, 2.75) is 89.9 Å². The quantitative estimate of drug-likeness (QED) is 0.109. The Hall–Kier alpha value is -2.26. The van der Waals surface area contributed by atoms with Gasteiger partial charge in [0.1, 0.15) is 5.25 Å². The monoisotopic (exact) mass is 494 g/mol. The molecule has 0 radical (unpaired) electrons. The minimum Gasteiger partial charge on any atom is -0.462 e. The number of carbonyl (C=O) groups excluding carboxylic acids is 1. The molecule has 0 N–H and O–H groups in total. The van der Waals surface area contributed by atoms with Crippen molar-refractivity contribution < 1.29 is 9.53 Å². The summed E-state index contributed by atoms with van der Waals surface area (Å²) < 4.78 is 5.62. The average molecular weight is 495 g/mol. The lowest BCUT2D eigenvalue weighted by Gasteiger charge is -2.19. The van der Waals surface area contributed by atoms with Gasteiger partial charge in [0.05, 0.1) is 6.10 Å². The first-order valence-corrected chi connectivity index (χ1v) is 14.4. The molecule has 0 fully saturated rings. The SMILES string of the molecule is CC/C=C\C/C=C\C/C=C\C/C=C\C/C=C\CCCCSC(C(=O)OC(C)CC)c1ccccc1. The first-order valence-electron chi connectivity index (χ1n) is 13.3. The second kappa shape index (κ2) is 22.2. The van der Waals surface area contributed by atoms with E-state index in [0.717, 1.165) is 69.1 Å². The van der Waals surface area contributed by atoms with Crippen molar-refractivity contribution in [2.24, 2.45) is 0 Å². The predicted molar refractivity (Wildman–Crippen MR) is 156 cm³/mol. The van der Waals surface area contributed by atoms with Crippen LogP contribution in [-0.4, -0.2) is 17.8 Å². The highest BCUT2D eigenvalue weighted by atomic mass is 32.2. The molecule has 0 aliphatic heterocycles. The highest BCUT2D eigenvalue weighted by Gasteiger charge is 2.23. The number of thioether (sulfide) groups is 1. The molecular formula is C32H46O2S. The number of ether oxygens (including phenoxy) is 1. The smallest absolute Gasteiger partial charge is 0.323 e. The van der Waals surface area contributed by atoms with Crippen LogP contribution in [0.3, 0.4) is 0 Å². The van der Waals surface area contributed by atoms with Gasteiger partial charge in [-0.2, -0.15) is 0 Å². The summed E-state index contributed by atoms with van der Waals surface area (Å²) in [5, 5.41) is -0.237. The molecule has 3 heteroatoms. The Morgan fingerprint density at radius 1 is 0.800 bits per heavy atom. The van der Waals surface area contributed by atoms with E-state index in [9.17, 15) is 4.79 Å². The minimum absolute atomic E-state index is 0.0374. The zero-order valence-electron chi connectivity index (χ0n) is 22.1. The van der Waals surface area contributed by atoms with Crippen LogP contribution >= 0.6 is 11.8 Å². The van der Waals surface area contributed by atoms with E-state index < -0.39 is 0 Å². The summed E-state index contributed by atoms with van der Waals surface area (Å²) in [5.74, 6) is 0.841. The molecule has 192 valence electrons. The first-order chi connectivity index (χ1) is 17.2. The fourth-order valence-electron chi connectivity index (χ4n) is 3.21. The lowest BCUT2D eigenvalue weighted by Crippen LogP contribution is -2.19. The predicted octanol–water partition coefficient (Wildman–Crippen LogP) is 9.72. The molecule has 0 spiro atoms. The molecule has 35 heavy (non-hydrogen) atoms. The molecule has 0 heterocycles. The number of esters is 1. The molecular weight excluding hydrogens is 448 g/mol. The number of carbonyl (C=O) groups is 1. The van der Waals surface area contributed by atoms with Crippen LogP contribution in [0.1, 0.15) is 89.4 Å². The molecule has 0 aliphatic rings. The summed E-state index contributed by atoms with van der Waals surface area (Å²) in [6, 6.07) is 10.00. The van der Waals surface area contributed by atoms with Crippen LogP contribution in [0.15, 0.2) is 91.1 Å². The van der Waals surface area contributed by atoms with E-state index in [0.29, 0.717) is 0 Å². The van der Waals surface area contributed by atoms with Gasteiger partial charge in [0.15, 0.2) is 0 Å². The Balaban J connectivity index is 2.17. The van der Waals surface area contributed by atoms with Crippen LogP contribution in [0, 0.1) is 0 Å². The minimum atomic E-state index is -0.237. The maximum absolute atomic E-state index is 12.7. The number of rotatable bonds is 19. The van der Waals surface area contributed by atoms with Gasteiger partial charge in [0.25, 0.3) is 0 Å². The average Bonchev–Trinajstić information content (AvgIpc) is 2.88. The van der Waals surface area contributed by atoms with Gasteiger partial charge in [-0.15, -0.1) is 11.8 Å². The van der Waals surface area contributed by atoms with Crippen LogP contribution < -0.4 is 0 Å². The van der Waals surface area contributed by atoms with Crippen molar-refractivity contribution in [3.05, 3.63) is 96.7 Å². The largest absolute Gasteiger partial charge is 0.462 e. The van der Waals surface area contributed by atoms with E-state index in [1.807, 2.05) is 44.2 Å². The fraction of sp³-hybridized carbons (Fsp3) is 0.469. The molecule has 2 nitrogen and oxygen atoms in total. The van der Waals surface area contributed by atoms with E-state index in [2.05, 4.69) is 67.7 Å². The van der Waals surface area contributed by atoms with Crippen molar-refractivity contribution in [2.75, 3.05) is 5.75 Å². The van der Waals surface area contributed by atoms with Gasteiger partial charge in [0.2, 0.25) is 0 Å². The number of hydrogen-bond donors (Lipinski definition) is 0. The molecule has 0 amide bonds. The maximum Gasteiger partial charge on any atom is 0.323 e. The number of unbranched alkanes of at least 4 members (excludes halogenated alkanes) is 2. The molecule has 0 aromatic heterocycles. The molecule has 0 saturated heterocycles. The van der Waals surface area contributed by atoms with Gasteiger partial charge < -0.3 is 4.74 Å². The van der Waals surface area contributed by atoms with Gasteiger partial charge in [-0.3, -0.25) is 4.79 Å². The Bertz CT molecular complexity index is 789. The van der Waals surface area contributed by atoms with Crippen molar-refractivity contribution in [1.82, 2.24) is 0 Å². The topological polar surface area (TPSA) is 26.3 Å². The third-order valence-electron chi connectivity index (χ3n) is 5.42. The Morgan fingerprint density at radius 3 is 1.89 bits per heavy atom. The molecule has 0 bridgehead atoms. The zero-order chi connectivity index (χ0) is 25.4. The van der Waals surface area contributed by atoms with Crippen LogP contribution in [0.4, 0.5) is 0 Å². The zero-order valence-corrected chi connectivity index (χ0v) is 22.9. The fourth-order valence-corrected chi connectivity index (χ4v) is 4.35. The number of benzene rings is 1. The molecule has 1 aromatic rings. The normalized spacial score (nSPS) is 14.1. The van der Waals surface area contributed by atoms with Gasteiger partial charge in [0, 0.05) is 0 Å². The third kappa shape index (κ3) is 16.9. The maximum atomic E-state index is 12.7. The second-order valence-electron chi connectivity index (χ2n) is 8.52. The standard InChI is InChI=1S/C32H46O2S/c1-4-6-7-8-9-10-11-12-13-14-15-16-17-18-19-20-21-25-28-35-31(30-26-23-22-24-27-30)32(33)34-29(3)5-2/h6-7,9-10,12-13,15-16,18-19,22-24,26-27,29,31H,4-5,8,11,14,17,20-21,25,28H2,1-3H3/b7-6-,10-9-,13-12-,16-15-,19-18-. The molecule has 2 atom stereocenters. The highest BCUT2D eigenvalue weighted by Crippen LogP contribution is 2.31. The van der Waals surface area contributed by atoms with E-state index in [-0.39, 0.29) is 17.3 Å². The summed E-state index contributed by atoms with van der Waals surface area (Å²) in [6.07, 6.45) is 31.6. The Kier molecular flexibility index (Phi) is 19.5. The van der Waals surface area contributed by atoms with E-state index in [1.165, 1.54) is 0 Å². The van der Waals surface area contributed by atoms with Crippen molar-refractivity contribution in [3.8, 4) is 0 Å². The summed E-state index contributed by atoms with van der Waals surface area (Å²) in [7, 11) is 0. The molecule has 0 aliphatic carbocycles. The van der Waals surface area contributed by atoms with Gasteiger partial charge in [-0.05, 0) is 76.0 Å². The molecule has 2 unspecified atom stereocenters. The van der Waals surface area contributed by atoms with E-state index in [4.69, 9.17) is 4.74 Å². The lowest BCUT2D eigenvalue weighted by atomic mass is 10.1. The summed E-state index contributed by atoms with van der Waals surface area (Å²) >= 11 is 1.70. The first kappa shape index (κ1) is 30.8. The van der Waals surface area contributed by atoms with Gasteiger partial charge in [-0.25, -0.2) is 0 Å². The molecule has 0 saturated carbocycles. The third-order valence-corrected chi connectivity index (χ3v) is 6.74. The van der Waals surface area contributed by atoms with Crippen molar-refractivity contribution in [1.29, 1.82) is 0 Å². The molecule has 1 aromatic carbocycles.